The summed E-state index contributed by atoms with van der Waals surface area (Å²) < 4.78 is 6.19. The lowest BCUT2D eigenvalue weighted by Crippen LogP contribution is -2.34. The smallest absolute Gasteiger partial charge is 0.0701 e. The molecular formula is C9H13BrClNOS. The van der Waals surface area contributed by atoms with Gasteiger partial charge in [0.2, 0.25) is 0 Å². The number of methoxy groups -OCH3 is 1. The summed E-state index contributed by atoms with van der Waals surface area (Å²) in [6, 6.07) is 4.37. The monoisotopic (exact) mass is 297 g/mol. The van der Waals surface area contributed by atoms with Crippen molar-refractivity contribution in [2.75, 3.05) is 19.6 Å². The number of nitrogens with one attached hydrogen (secondary N) is 1. The van der Waals surface area contributed by atoms with Gasteiger partial charge in [0.05, 0.1) is 10.4 Å². The Hall–Kier alpha value is 0.390. The first kappa shape index (κ1) is 12.5. The van der Waals surface area contributed by atoms with Crippen LogP contribution < -0.4 is 5.32 Å². The van der Waals surface area contributed by atoms with Gasteiger partial charge in [-0.2, -0.15) is 0 Å². The van der Waals surface area contributed by atoms with E-state index in [9.17, 15) is 0 Å². The van der Waals surface area contributed by atoms with Gasteiger partial charge in [0.1, 0.15) is 0 Å². The molecule has 5 heteroatoms. The molecule has 0 aliphatic heterocycles. The molecule has 1 heterocycles. The minimum Gasteiger partial charge on any atom is -0.383 e. The van der Waals surface area contributed by atoms with Crippen molar-refractivity contribution in [3.63, 3.8) is 0 Å². The number of halogens is 2. The van der Waals surface area contributed by atoms with E-state index in [1.165, 1.54) is 4.88 Å². The fraction of sp³-hybridized carbons (Fsp3) is 0.556. The molecular weight excluding hydrogens is 286 g/mol. The van der Waals surface area contributed by atoms with Crippen molar-refractivity contribution in [1.82, 2.24) is 5.32 Å². The second-order valence-electron chi connectivity index (χ2n) is 2.89. The Morgan fingerprint density at radius 3 is 2.93 bits per heavy atom. The van der Waals surface area contributed by atoms with Gasteiger partial charge in [-0.05, 0) is 28.1 Å². The van der Waals surface area contributed by atoms with Gasteiger partial charge in [0.15, 0.2) is 0 Å². The molecule has 0 saturated carbocycles. The predicted octanol–water partition coefficient (Wildman–Crippen LogP) is 2.85. The van der Waals surface area contributed by atoms with Gasteiger partial charge in [-0.15, -0.1) is 22.9 Å². The molecule has 1 N–H and O–H groups in total. The average molecular weight is 299 g/mol. The van der Waals surface area contributed by atoms with Crippen LogP contribution in [0.3, 0.4) is 0 Å². The van der Waals surface area contributed by atoms with Crippen molar-refractivity contribution in [3.8, 4) is 0 Å². The van der Waals surface area contributed by atoms with Gasteiger partial charge in [-0.25, -0.2) is 0 Å². The zero-order chi connectivity index (χ0) is 10.4. The quantitative estimate of drug-likeness (QED) is 0.816. The zero-order valence-corrected chi connectivity index (χ0v) is 11.1. The summed E-state index contributed by atoms with van der Waals surface area (Å²) in [4.78, 5) is 1.29. The van der Waals surface area contributed by atoms with Crippen molar-refractivity contribution in [2.24, 2.45) is 0 Å². The van der Waals surface area contributed by atoms with Crippen LogP contribution in [0.1, 0.15) is 4.88 Å². The Morgan fingerprint density at radius 1 is 1.64 bits per heavy atom. The average Bonchev–Trinajstić information content (AvgIpc) is 2.59. The summed E-state index contributed by atoms with van der Waals surface area (Å²) in [7, 11) is 1.68. The highest BCUT2D eigenvalue weighted by Crippen LogP contribution is 2.21. The maximum absolute atomic E-state index is 5.77. The van der Waals surface area contributed by atoms with E-state index in [1.54, 1.807) is 18.4 Å². The van der Waals surface area contributed by atoms with Gasteiger partial charge < -0.3 is 10.1 Å². The normalized spacial score (nSPS) is 13.1. The number of alkyl halides is 1. The molecule has 0 aliphatic rings. The third kappa shape index (κ3) is 4.28. The lowest BCUT2D eigenvalue weighted by Gasteiger charge is -2.13. The molecule has 0 radical (unpaired) electrons. The molecule has 1 atom stereocenters. The van der Waals surface area contributed by atoms with E-state index in [4.69, 9.17) is 16.3 Å². The molecule has 0 amide bonds. The maximum Gasteiger partial charge on any atom is 0.0701 e. The molecule has 0 aromatic carbocycles. The van der Waals surface area contributed by atoms with E-state index >= 15 is 0 Å². The lowest BCUT2D eigenvalue weighted by atomic mass is 10.3. The van der Waals surface area contributed by atoms with Crippen LogP contribution in [-0.4, -0.2) is 25.6 Å². The molecule has 80 valence electrons. The molecule has 1 aromatic heterocycles. The lowest BCUT2D eigenvalue weighted by molar-refractivity contribution is 0.173. The summed E-state index contributed by atoms with van der Waals surface area (Å²) in [6.07, 6.45) is 0. The molecule has 0 fully saturated rings. The van der Waals surface area contributed by atoms with Crippen LogP contribution in [0.5, 0.6) is 0 Å². The largest absolute Gasteiger partial charge is 0.383 e. The second-order valence-corrected chi connectivity index (χ2v) is 5.75. The molecule has 0 aliphatic carbocycles. The maximum atomic E-state index is 5.77. The fourth-order valence-electron chi connectivity index (χ4n) is 1.05. The highest BCUT2D eigenvalue weighted by molar-refractivity contribution is 9.11. The summed E-state index contributed by atoms with van der Waals surface area (Å²) >= 11 is 10.9. The third-order valence-electron chi connectivity index (χ3n) is 1.75. The van der Waals surface area contributed by atoms with Crippen LogP contribution in [0.25, 0.3) is 0 Å². The SMILES string of the molecule is COCC(CCl)NCc1ccc(Br)s1. The first-order valence-electron chi connectivity index (χ1n) is 4.28. The van der Waals surface area contributed by atoms with Gasteiger partial charge in [0.25, 0.3) is 0 Å². The van der Waals surface area contributed by atoms with E-state index < -0.39 is 0 Å². The van der Waals surface area contributed by atoms with Crippen LogP contribution in [0.15, 0.2) is 15.9 Å². The van der Waals surface area contributed by atoms with Crippen molar-refractivity contribution < 1.29 is 4.74 Å². The van der Waals surface area contributed by atoms with Gasteiger partial charge in [0, 0.05) is 30.5 Å². The molecule has 14 heavy (non-hydrogen) atoms. The predicted molar refractivity (Wildman–Crippen MR) is 65.2 cm³/mol. The van der Waals surface area contributed by atoms with Crippen molar-refractivity contribution in [2.45, 2.75) is 12.6 Å². The summed E-state index contributed by atoms with van der Waals surface area (Å²) in [5.74, 6) is 0.570. The number of rotatable bonds is 6. The molecule has 0 bridgehead atoms. The standard InChI is InChI=1S/C9H13BrClNOS/c1-13-6-7(4-11)12-5-8-2-3-9(10)14-8/h2-3,7,12H,4-6H2,1H3. The highest BCUT2D eigenvalue weighted by atomic mass is 79.9. The van der Waals surface area contributed by atoms with Crippen LogP contribution >= 0.6 is 38.9 Å². The van der Waals surface area contributed by atoms with E-state index in [0.717, 1.165) is 10.3 Å². The Labute approximate surface area is 102 Å². The van der Waals surface area contributed by atoms with E-state index in [1.807, 2.05) is 6.07 Å². The third-order valence-corrected chi connectivity index (χ3v) is 3.74. The van der Waals surface area contributed by atoms with E-state index in [2.05, 4.69) is 27.3 Å². The topological polar surface area (TPSA) is 21.3 Å². The fourth-order valence-corrected chi connectivity index (χ4v) is 2.68. The molecule has 1 unspecified atom stereocenters. The highest BCUT2D eigenvalue weighted by Gasteiger charge is 2.06. The summed E-state index contributed by atoms with van der Waals surface area (Å²) in [5.41, 5.74) is 0. The summed E-state index contributed by atoms with van der Waals surface area (Å²) in [5, 5.41) is 3.33. The zero-order valence-electron chi connectivity index (χ0n) is 7.93. The van der Waals surface area contributed by atoms with Gasteiger partial charge in [-0.3, -0.25) is 0 Å². The molecule has 1 aromatic rings. The molecule has 2 nitrogen and oxygen atoms in total. The first-order valence-corrected chi connectivity index (χ1v) is 6.43. The number of thiophene rings is 1. The van der Waals surface area contributed by atoms with E-state index in [0.29, 0.717) is 12.5 Å². The molecule has 0 saturated heterocycles. The molecule has 0 spiro atoms. The Morgan fingerprint density at radius 2 is 2.43 bits per heavy atom. The number of hydrogen-bond acceptors (Lipinski definition) is 3. The Balaban J connectivity index is 2.31. The Kier molecular flexibility index (Phi) is 6.05. The van der Waals surface area contributed by atoms with E-state index in [-0.39, 0.29) is 6.04 Å². The van der Waals surface area contributed by atoms with Crippen LogP contribution in [0.2, 0.25) is 0 Å². The van der Waals surface area contributed by atoms with Gasteiger partial charge in [-0.1, -0.05) is 0 Å². The van der Waals surface area contributed by atoms with Gasteiger partial charge >= 0.3 is 0 Å². The van der Waals surface area contributed by atoms with Crippen molar-refractivity contribution in [3.05, 3.63) is 20.8 Å². The Bertz CT molecular complexity index is 269. The van der Waals surface area contributed by atoms with Crippen molar-refractivity contribution >= 4 is 38.9 Å². The van der Waals surface area contributed by atoms with Crippen LogP contribution in [0.4, 0.5) is 0 Å². The van der Waals surface area contributed by atoms with Crippen LogP contribution in [-0.2, 0) is 11.3 Å². The minimum absolute atomic E-state index is 0.225. The van der Waals surface area contributed by atoms with Crippen molar-refractivity contribution in [1.29, 1.82) is 0 Å². The molecule has 1 rings (SSSR count). The summed E-state index contributed by atoms with van der Waals surface area (Å²) in [6.45, 7) is 1.49. The minimum atomic E-state index is 0.225. The second kappa shape index (κ2) is 6.80. The first-order chi connectivity index (χ1) is 6.76. The number of hydrogen-bond donors (Lipinski definition) is 1. The number of ether oxygens (including phenoxy) is 1. The van der Waals surface area contributed by atoms with Crippen LogP contribution in [0, 0.1) is 0 Å².